The average molecular weight is 1120 g/mol. The summed E-state index contributed by atoms with van der Waals surface area (Å²) in [7, 11) is 0. The number of hydrogen-bond donors (Lipinski definition) is 0. The summed E-state index contributed by atoms with van der Waals surface area (Å²) in [5.74, 6) is 3.58. The van der Waals surface area contributed by atoms with Crippen LogP contribution in [0.4, 0.5) is 0 Å². The van der Waals surface area contributed by atoms with Crippen molar-refractivity contribution in [3.63, 3.8) is 0 Å². The van der Waals surface area contributed by atoms with Gasteiger partial charge in [-0.15, -0.1) is 58.0 Å². The molecule has 6 heteroatoms. The molecule has 0 radical (unpaired) electrons. The first-order chi connectivity index (χ1) is 37.4. The third-order valence-corrected chi connectivity index (χ3v) is 22.8. The summed E-state index contributed by atoms with van der Waals surface area (Å²) < 4.78 is 2.88. The molecule has 0 aliphatic heterocycles. The molecular formula is C70H84S6. The number of hydrogen-bond acceptors (Lipinski definition) is 6. The standard InChI is InChI=1S/C70H84S6/c1-6-10-14-18-22-51-26-30-54(31-27-51)47-73-69(74-49-56-34-37-57(50(5)44-56)25-21-17-13-9-4)65-59-40-42-71-67(59)63-46-62-64(45-61(63)65)68-60(41-43-72-68)66(62)70(76-58-38-35-53(36-39-58)24-20-16-12-8-3)75-48-55-32-28-52(29-33-55)23-19-15-11-7-2/h26-43,45-46,50H,6-25,44,47-49H2,1-5H3/b69-65-,70-66+. The van der Waals surface area contributed by atoms with Crippen molar-refractivity contribution < 1.29 is 0 Å². The minimum absolute atomic E-state index is 0.624. The van der Waals surface area contributed by atoms with E-state index in [9.17, 15) is 0 Å². The second-order valence-corrected chi connectivity index (χ2v) is 28.1. The molecule has 3 aliphatic carbocycles. The lowest BCUT2D eigenvalue weighted by molar-refractivity contribution is 0.589. The zero-order valence-electron chi connectivity index (χ0n) is 46.5. The van der Waals surface area contributed by atoms with Gasteiger partial charge in [-0.2, -0.15) is 0 Å². The Hall–Kier alpha value is -3.36. The topological polar surface area (TPSA) is 0 Å². The molecule has 0 saturated carbocycles. The van der Waals surface area contributed by atoms with Crippen molar-refractivity contribution in [1.29, 1.82) is 0 Å². The van der Waals surface area contributed by atoms with Gasteiger partial charge in [0, 0.05) is 69.5 Å². The zero-order valence-corrected chi connectivity index (χ0v) is 51.4. The minimum atomic E-state index is 0.624. The van der Waals surface area contributed by atoms with Crippen LogP contribution in [0.2, 0.25) is 0 Å². The quantitative estimate of drug-likeness (QED) is 0.0314. The van der Waals surface area contributed by atoms with Crippen molar-refractivity contribution in [1.82, 2.24) is 0 Å². The first-order valence-electron chi connectivity index (χ1n) is 29.5. The van der Waals surface area contributed by atoms with Crippen LogP contribution in [0, 0.1) is 5.92 Å². The molecule has 3 aliphatic rings. The van der Waals surface area contributed by atoms with Gasteiger partial charge in [-0.3, -0.25) is 0 Å². The van der Waals surface area contributed by atoms with Crippen molar-refractivity contribution >= 4 is 80.9 Å². The van der Waals surface area contributed by atoms with Crippen LogP contribution in [-0.2, 0) is 30.8 Å². The van der Waals surface area contributed by atoms with Gasteiger partial charge in [0.2, 0.25) is 0 Å². The fourth-order valence-electron chi connectivity index (χ4n) is 11.2. The Morgan fingerprint density at radius 3 is 1.32 bits per heavy atom. The van der Waals surface area contributed by atoms with Gasteiger partial charge in [0.15, 0.2) is 0 Å². The number of unbranched alkanes of at least 4 members (excludes halogenated alkanes) is 12. The SMILES string of the molecule is CCCCCCC1=CC=C(CS/C(SCc2ccc(CCCCCC)cc2)=C2\c3cc4c(cc3-c3sccc32)/C(=C(\SCc2ccc(CCCCCC)cc2)Sc2ccc(CCCCCC)cc2)c2ccsc2-4)CC1C. The molecule has 1 unspecified atom stereocenters. The van der Waals surface area contributed by atoms with Gasteiger partial charge >= 0.3 is 0 Å². The number of thiophene rings is 2. The highest BCUT2D eigenvalue weighted by atomic mass is 32.2. The van der Waals surface area contributed by atoms with E-state index in [1.807, 2.05) is 46.2 Å². The fourth-order valence-corrected chi connectivity index (χ4v) is 17.9. The van der Waals surface area contributed by atoms with Gasteiger partial charge in [-0.1, -0.05) is 207 Å². The van der Waals surface area contributed by atoms with Crippen molar-refractivity contribution in [2.75, 3.05) is 5.75 Å². The van der Waals surface area contributed by atoms with Crippen LogP contribution >= 0.6 is 69.7 Å². The molecule has 76 heavy (non-hydrogen) atoms. The summed E-state index contributed by atoms with van der Waals surface area (Å²) in [5, 5.41) is 4.69. The van der Waals surface area contributed by atoms with E-state index in [2.05, 4.69) is 178 Å². The van der Waals surface area contributed by atoms with Crippen LogP contribution in [0.25, 0.3) is 32.0 Å². The molecule has 0 amide bonds. The lowest BCUT2D eigenvalue weighted by atomic mass is 9.86. The lowest BCUT2D eigenvalue weighted by Gasteiger charge is -2.22. The molecule has 400 valence electrons. The molecule has 1 atom stereocenters. The fraction of sp³-hybridized carbons (Fsp3) is 0.429. The Kier molecular flexibility index (Phi) is 22.4. The van der Waals surface area contributed by atoms with Crippen LogP contribution in [0.5, 0.6) is 0 Å². The Labute approximate surface area is 485 Å². The van der Waals surface area contributed by atoms with Crippen LogP contribution in [-0.4, -0.2) is 5.75 Å². The summed E-state index contributed by atoms with van der Waals surface area (Å²) in [6.07, 6.45) is 31.9. The summed E-state index contributed by atoms with van der Waals surface area (Å²) >= 11 is 12.1. The number of thioether (sulfide) groups is 4. The molecule has 0 bridgehead atoms. The molecule has 4 aromatic carbocycles. The zero-order chi connectivity index (χ0) is 52.5. The number of aryl methyl sites for hydroxylation is 3. The van der Waals surface area contributed by atoms with E-state index in [1.165, 1.54) is 230 Å². The molecule has 2 aromatic heterocycles. The minimum Gasteiger partial charge on any atom is -0.143 e. The van der Waals surface area contributed by atoms with Crippen LogP contribution in [0.15, 0.2) is 144 Å². The summed E-state index contributed by atoms with van der Waals surface area (Å²) in [6, 6.07) is 38.9. The smallest absolute Gasteiger partial charge is 0.0538 e. The van der Waals surface area contributed by atoms with E-state index in [1.54, 1.807) is 11.1 Å². The lowest BCUT2D eigenvalue weighted by Crippen LogP contribution is -2.07. The highest BCUT2D eigenvalue weighted by Crippen LogP contribution is 2.59. The summed E-state index contributed by atoms with van der Waals surface area (Å²) in [5.41, 5.74) is 21.8. The molecule has 0 N–H and O–H groups in total. The number of allylic oxidation sites excluding steroid dienone is 3. The van der Waals surface area contributed by atoms with Gasteiger partial charge in [0.05, 0.1) is 4.24 Å². The summed E-state index contributed by atoms with van der Waals surface area (Å²) in [4.78, 5) is 4.18. The maximum atomic E-state index is 2.62. The van der Waals surface area contributed by atoms with E-state index in [0.717, 1.165) is 17.3 Å². The Morgan fingerprint density at radius 2 is 0.842 bits per heavy atom. The predicted octanol–water partition coefficient (Wildman–Crippen LogP) is 23.8. The van der Waals surface area contributed by atoms with Gasteiger partial charge in [0.1, 0.15) is 0 Å². The first kappa shape index (κ1) is 57.3. The van der Waals surface area contributed by atoms with Crippen molar-refractivity contribution in [3.8, 4) is 20.9 Å². The van der Waals surface area contributed by atoms with E-state index >= 15 is 0 Å². The van der Waals surface area contributed by atoms with Crippen molar-refractivity contribution in [3.05, 3.63) is 190 Å². The highest BCUT2D eigenvalue weighted by Gasteiger charge is 2.35. The molecule has 0 nitrogen and oxygen atoms in total. The van der Waals surface area contributed by atoms with Gasteiger partial charge < -0.3 is 0 Å². The average Bonchev–Trinajstić information content (AvgIpc) is 4.29. The van der Waals surface area contributed by atoms with Crippen LogP contribution in [0.3, 0.4) is 0 Å². The van der Waals surface area contributed by atoms with Gasteiger partial charge in [-0.25, -0.2) is 0 Å². The normalized spacial score (nSPS) is 15.8. The van der Waals surface area contributed by atoms with Gasteiger partial charge in [0.25, 0.3) is 0 Å². The second kappa shape index (κ2) is 29.7. The molecule has 2 heterocycles. The largest absolute Gasteiger partial charge is 0.143 e. The first-order valence-corrected chi connectivity index (χ1v) is 35.0. The van der Waals surface area contributed by atoms with Crippen LogP contribution in [0.1, 0.15) is 200 Å². The van der Waals surface area contributed by atoms with Crippen molar-refractivity contribution in [2.24, 2.45) is 5.92 Å². The number of rotatable bonds is 31. The Balaban J connectivity index is 1.06. The van der Waals surface area contributed by atoms with Crippen molar-refractivity contribution in [2.45, 2.75) is 186 Å². The second-order valence-electron chi connectivity index (χ2n) is 21.8. The Bertz CT molecular complexity index is 2920. The van der Waals surface area contributed by atoms with Crippen LogP contribution < -0.4 is 0 Å². The van der Waals surface area contributed by atoms with E-state index in [4.69, 9.17) is 0 Å². The molecule has 0 fully saturated rings. The monoisotopic (exact) mass is 1120 g/mol. The Morgan fingerprint density at radius 1 is 0.421 bits per heavy atom. The van der Waals surface area contributed by atoms with E-state index in [0.29, 0.717) is 5.92 Å². The maximum absolute atomic E-state index is 2.62. The number of benzene rings is 4. The molecule has 0 saturated heterocycles. The number of fused-ring (bicyclic) bond motifs is 6. The maximum Gasteiger partial charge on any atom is 0.0538 e. The summed E-state index contributed by atoms with van der Waals surface area (Å²) in [6.45, 7) is 11.7. The van der Waals surface area contributed by atoms with E-state index < -0.39 is 0 Å². The predicted molar refractivity (Wildman–Crippen MR) is 348 cm³/mol. The van der Waals surface area contributed by atoms with E-state index in [-0.39, 0.29) is 0 Å². The third-order valence-electron chi connectivity index (χ3n) is 15.8. The highest BCUT2D eigenvalue weighted by molar-refractivity contribution is 8.22. The molecule has 0 spiro atoms. The van der Waals surface area contributed by atoms with Gasteiger partial charge in [-0.05, 0) is 150 Å². The molecule has 9 rings (SSSR count). The molecule has 6 aromatic rings. The molecular weight excluding hydrogens is 1030 g/mol. The third kappa shape index (κ3) is 15.1.